The van der Waals surface area contributed by atoms with Crippen molar-refractivity contribution < 1.29 is 0 Å². The molecule has 2 unspecified atom stereocenters. The highest BCUT2D eigenvalue weighted by Gasteiger charge is 2.20. The zero-order valence-electron chi connectivity index (χ0n) is 12.7. The molecule has 1 aromatic rings. The molecule has 2 nitrogen and oxygen atoms in total. The van der Waals surface area contributed by atoms with Gasteiger partial charge in [0.15, 0.2) is 0 Å². The number of nitrogens with one attached hydrogen (secondary N) is 1. The van der Waals surface area contributed by atoms with Gasteiger partial charge >= 0.3 is 0 Å². The Kier molecular flexibility index (Phi) is 6.53. The second-order valence-corrected chi connectivity index (χ2v) is 7.11. The lowest BCUT2D eigenvalue weighted by Crippen LogP contribution is -2.40. The summed E-state index contributed by atoms with van der Waals surface area (Å²) in [6.07, 6.45) is 5.57. The standard InChI is InChI=1S/C17H27BrN2/c1-14-6-3-4-9-17(14)19-10-11-20(2)13-15-7-5-8-16(18)12-15/h5,7-8,12,14,17,19H,3-4,6,9-11,13H2,1-2H3. The highest BCUT2D eigenvalue weighted by molar-refractivity contribution is 9.10. The van der Waals surface area contributed by atoms with Gasteiger partial charge in [-0.1, -0.05) is 47.8 Å². The number of benzene rings is 1. The van der Waals surface area contributed by atoms with Gasteiger partial charge in [0, 0.05) is 30.1 Å². The third-order valence-corrected chi connectivity index (χ3v) is 4.85. The molecule has 0 aliphatic heterocycles. The van der Waals surface area contributed by atoms with E-state index in [2.05, 4.69) is 64.4 Å². The van der Waals surface area contributed by atoms with Crippen molar-refractivity contribution in [2.75, 3.05) is 20.1 Å². The Morgan fingerprint density at radius 1 is 1.30 bits per heavy atom. The lowest BCUT2D eigenvalue weighted by Gasteiger charge is -2.30. The second-order valence-electron chi connectivity index (χ2n) is 6.19. The Hall–Kier alpha value is -0.380. The molecular weight excluding hydrogens is 312 g/mol. The van der Waals surface area contributed by atoms with Gasteiger partial charge in [-0.2, -0.15) is 0 Å². The molecule has 0 radical (unpaired) electrons. The van der Waals surface area contributed by atoms with Crippen LogP contribution >= 0.6 is 15.9 Å². The van der Waals surface area contributed by atoms with E-state index in [1.165, 1.54) is 31.2 Å². The van der Waals surface area contributed by atoms with E-state index in [0.29, 0.717) is 0 Å². The average Bonchev–Trinajstić information content (AvgIpc) is 2.41. The molecule has 1 aliphatic carbocycles. The molecule has 2 rings (SSSR count). The predicted molar refractivity (Wildman–Crippen MR) is 89.9 cm³/mol. The average molecular weight is 339 g/mol. The molecule has 0 aromatic heterocycles. The first kappa shape index (κ1) is 16.0. The number of hydrogen-bond donors (Lipinski definition) is 1. The summed E-state index contributed by atoms with van der Waals surface area (Å²) in [7, 11) is 2.20. The van der Waals surface area contributed by atoms with Crippen molar-refractivity contribution in [2.24, 2.45) is 5.92 Å². The van der Waals surface area contributed by atoms with Crippen molar-refractivity contribution in [1.82, 2.24) is 10.2 Å². The zero-order chi connectivity index (χ0) is 14.4. The molecular formula is C17H27BrN2. The first-order chi connectivity index (χ1) is 9.65. The topological polar surface area (TPSA) is 15.3 Å². The highest BCUT2D eigenvalue weighted by atomic mass is 79.9. The monoisotopic (exact) mass is 338 g/mol. The molecule has 0 bridgehead atoms. The molecule has 1 aliphatic rings. The van der Waals surface area contributed by atoms with Crippen LogP contribution in [0.1, 0.15) is 38.2 Å². The summed E-state index contributed by atoms with van der Waals surface area (Å²) in [4.78, 5) is 2.39. The summed E-state index contributed by atoms with van der Waals surface area (Å²) in [5.41, 5.74) is 1.37. The Morgan fingerprint density at radius 2 is 2.10 bits per heavy atom. The SMILES string of the molecule is CC1CCCCC1NCCN(C)Cc1cccc(Br)c1. The molecule has 1 saturated carbocycles. The van der Waals surface area contributed by atoms with Crippen LogP contribution < -0.4 is 5.32 Å². The molecule has 1 fully saturated rings. The van der Waals surface area contributed by atoms with Crippen molar-refractivity contribution in [1.29, 1.82) is 0 Å². The number of nitrogens with zero attached hydrogens (tertiary/aromatic N) is 1. The predicted octanol–water partition coefficient (Wildman–Crippen LogP) is 4.05. The van der Waals surface area contributed by atoms with Gasteiger partial charge in [-0.05, 0) is 43.5 Å². The fraction of sp³-hybridized carbons (Fsp3) is 0.647. The van der Waals surface area contributed by atoms with E-state index in [-0.39, 0.29) is 0 Å². The van der Waals surface area contributed by atoms with Crippen LogP contribution in [0, 0.1) is 5.92 Å². The van der Waals surface area contributed by atoms with Crippen molar-refractivity contribution in [3.05, 3.63) is 34.3 Å². The number of hydrogen-bond acceptors (Lipinski definition) is 2. The van der Waals surface area contributed by atoms with Crippen molar-refractivity contribution >= 4 is 15.9 Å². The maximum atomic E-state index is 3.75. The molecule has 112 valence electrons. The summed E-state index contributed by atoms with van der Waals surface area (Å²) < 4.78 is 1.16. The summed E-state index contributed by atoms with van der Waals surface area (Å²) >= 11 is 3.53. The van der Waals surface area contributed by atoms with Gasteiger partial charge < -0.3 is 10.2 Å². The Bertz CT molecular complexity index is 408. The summed E-state index contributed by atoms with van der Waals surface area (Å²) in [6.45, 7) is 5.61. The molecule has 1 N–H and O–H groups in total. The second kappa shape index (κ2) is 8.16. The largest absolute Gasteiger partial charge is 0.312 e. The molecule has 20 heavy (non-hydrogen) atoms. The summed E-state index contributed by atoms with van der Waals surface area (Å²) in [5.74, 6) is 0.846. The van der Waals surface area contributed by atoms with E-state index in [0.717, 1.165) is 36.1 Å². The minimum absolute atomic E-state index is 0.739. The third-order valence-electron chi connectivity index (χ3n) is 4.35. The van der Waals surface area contributed by atoms with E-state index in [9.17, 15) is 0 Å². The van der Waals surface area contributed by atoms with Gasteiger partial charge in [0.05, 0.1) is 0 Å². The van der Waals surface area contributed by atoms with Crippen LogP contribution in [-0.4, -0.2) is 31.1 Å². The smallest absolute Gasteiger partial charge is 0.0231 e. The molecule has 2 atom stereocenters. The van der Waals surface area contributed by atoms with Crippen LogP contribution in [0.4, 0.5) is 0 Å². The molecule has 3 heteroatoms. The van der Waals surface area contributed by atoms with Gasteiger partial charge in [0.2, 0.25) is 0 Å². The molecule has 0 amide bonds. The van der Waals surface area contributed by atoms with E-state index in [1.54, 1.807) is 0 Å². The Morgan fingerprint density at radius 3 is 2.85 bits per heavy atom. The van der Waals surface area contributed by atoms with E-state index < -0.39 is 0 Å². The van der Waals surface area contributed by atoms with E-state index in [4.69, 9.17) is 0 Å². The first-order valence-electron chi connectivity index (χ1n) is 7.81. The Balaban J connectivity index is 1.68. The lowest BCUT2D eigenvalue weighted by atomic mass is 9.86. The number of halogens is 1. The van der Waals surface area contributed by atoms with Crippen LogP contribution in [0.25, 0.3) is 0 Å². The lowest BCUT2D eigenvalue weighted by molar-refractivity contribution is 0.258. The van der Waals surface area contributed by atoms with Gasteiger partial charge in [0.1, 0.15) is 0 Å². The minimum atomic E-state index is 0.739. The van der Waals surface area contributed by atoms with Gasteiger partial charge in [0.25, 0.3) is 0 Å². The van der Waals surface area contributed by atoms with E-state index >= 15 is 0 Å². The van der Waals surface area contributed by atoms with E-state index in [1.807, 2.05) is 0 Å². The summed E-state index contributed by atoms with van der Waals surface area (Å²) in [6, 6.07) is 9.32. The number of likely N-dealkylation sites (N-methyl/N-ethyl adjacent to an activating group) is 1. The van der Waals surface area contributed by atoms with Crippen LogP contribution in [0.15, 0.2) is 28.7 Å². The third kappa shape index (κ3) is 5.19. The minimum Gasteiger partial charge on any atom is -0.312 e. The maximum Gasteiger partial charge on any atom is 0.0231 e. The van der Waals surface area contributed by atoms with Crippen molar-refractivity contribution in [3.63, 3.8) is 0 Å². The molecule has 0 heterocycles. The zero-order valence-corrected chi connectivity index (χ0v) is 14.3. The van der Waals surface area contributed by atoms with Gasteiger partial charge in [-0.25, -0.2) is 0 Å². The van der Waals surface area contributed by atoms with Crippen LogP contribution in [-0.2, 0) is 6.54 Å². The van der Waals surface area contributed by atoms with Crippen LogP contribution in [0.3, 0.4) is 0 Å². The Labute approximate surface area is 132 Å². The number of rotatable bonds is 6. The molecule has 1 aromatic carbocycles. The van der Waals surface area contributed by atoms with Crippen LogP contribution in [0.2, 0.25) is 0 Å². The quantitative estimate of drug-likeness (QED) is 0.841. The fourth-order valence-corrected chi connectivity index (χ4v) is 3.53. The molecule has 0 spiro atoms. The summed E-state index contributed by atoms with van der Waals surface area (Å²) in [5, 5.41) is 3.75. The van der Waals surface area contributed by atoms with Gasteiger partial charge in [-0.15, -0.1) is 0 Å². The normalized spacial score (nSPS) is 23.2. The molecule has 0 saturated heterocycles. The fourth-order valence-electron chi connectivity index (χ4n) is 3.09. The van der Waals surface area contributed by atoms with Gasteiger partial charge in [-0.3, -0.25) is 0 Å². The van der Waals surface area contributed by atoms with Crippen molar-refractivity contribution in [3.8, 4) is 0 Å². The van der Waals surface area contributed by atoms with Crippen molar-refractivity contribution in [2.45, 2.75) is 45.2 Å². The maximum absolute atomic E-state index is 3.75. The first-order valence-corrected chi connectivity index (χ1v) is 8.61. The van der Waals surface area contributed by atoms with Crippen LogP contribution in [0.5, 0.6) is 0 Å². The highest BCUT2D eigenvalue weighted by Crippen LogP contribution is 2.23.